The third-order valence-corrected chi connectivity index (χ3v) is 16.0. The van der Waals surface area contributed by atoms with Crippen molar-refractivity contribution >= 4 is 66.6 Å². The summed E-state index contributed by atoms with van der Waals surface area (Å²) in [5.41, 5.74) is 22.1. The fourth-order valence-corrected chi connectivity index (χ4v) is 12.4. The van der Waals surface area contributed by atoms with E-state index in [0.29, 0.717) is 5.82 Å². The minimum absolute atomic E-state index is 0. The molecule has 9 aromatic carbocycles. The van der Waals surface area contributed by atoms with E-state index in [1.165, 1.54) is 77.1 Å². The largest absolute Gasteiger partial charge is 0.507 e. The Morgan fingerprint density at radius 3 is 1.92 bits per heavy atom. The van der Waals surface area contributed by atoms with Crippen molar-refractivity contribution in [3.8, 4) is 67.5 Å². The molecule has 0 spiro atoms. The number of benzene rings is 9. The molecule has 4 nitrogen and oxygen atoms in total. The molecule has 6 heteroatoms. The number of nitrogens with zero attached hydrogens (tertiary/aromatic N) is 3. The van der Waals surface area contributed by atoms with Crippen LogP contribution in [0.1, 0.15) is 103 Å². The molecule has 0 radical (unpaired) electrons. The molecule has 0 saturated heterocycles. The SMILES string of the molecule is CC(C)c1cc(-c2ccccc2)cc(C(C)C)c1-n1c(-c2cc(C(C)(C)C)cc(C(C)(C)C)c2O)nc2c(-c3ccc4c5ccccc5c5c6c(c[c-]c5c4n3)B3c4ccccc4-c4cccc-6c43)cccc21.[Pt]. The number of aromatic nitrogens is 3. The molecule has 0 aliphatic carbocycles. The maximum atomic E-state index is 12.7. The molecular formula is C68H59BN3OPt-. The van der Waals surface area contributed by atoms with Crippen molar-refractivity contribution in [2.45, 2.75) is 91.9 Å². The van der Waals surface area contributed by atoms with Gasteiger partial charge in [0.05, 0.1) is 28.0 Å². The first kappa shape index (κ1) is 47.9. The normalized spacial score (nSPS) is 12.9. The van der Waals surface area contributed by atoms with Crippen molar-refractivity contribution < 1.29 is 26.2 Å². The Labute approximate surface area is 449 Å². The number of fused-ring (bicyclic) bond motifs is 14. The average molecular weight is 1140 g/mol. The Bertz CT molecular complexity index is 4110. The molecule has 0 bridgehead atoms. The average Bonchev–Trinajstić information content (AvgIpc) is 4.05. The number of phenolic OH excluding ortho intramolecular Hbond substituents is 1. The van der Waals surface area contributed by atoms with Gasteiger partial charge in [0.25, 0.3) is 0 Å². The minimum atomic E-state index is -0.336. The number of rotatable bonds is 6. The number of phenols is 1. The number of hydrogen-bond acceptors (Lipinski definition) is 3. The molecular weight excluding hydrogens is 1080 g/mol. The molecule has 0 fully saturated rings. The molecule has 0 amide bonds. The summed E-state index contributed by atoms with van der Waals surface area (Å²) in [6.07, 6.45) is 0. The van der Waals surface area contributed by atoms with Gasteiger partial charge < -0.3 is 5.11 Å². The van der Waals surface area contributed by atoms with Crippen LogP contribution in [0.25, 0.3) is 105 Å². The van der Waals surface area contributed by atoms with Gasteiger partial charge >= 0.3 is 0 Å². The first-order chi connectivity index (χ1) is 35.1. The topological polar surface area (TPSA) is 50.9 Å². The molecule has 11 aromatic rings. The zero-order valence-corrected chi connectivity index (χ0v) is 46.1. The van der Waals surface area contributed by atoms with Crippen LogP contribution in [0, 0.1) is 6.07 Å². The van der Waals surface area contributed by atoms with Crippen LogP contribution in [-0.4, -0.2) is 26.4 Å². The number of imidazole rings is 1. The molecule has 74 heavy (non-hydrogen) atoms. The Kier molecular flexibility index (Phi) is 11.2. The van der Waals surface area contributed by atoms with Gasteiger partial charge in [0.2, 0.25) is 0 Å². The molecule has 4 heterocycles. The molecule has 0 atom stereocenters. The Balaban J connectivity index is 0.00000556. The summed E-state index contributed by atoms with van der Waals surface area (Å²) in [6.45, 7) is 22.6. The van der Waals surface area contributed by atoms with Crippen molar-refractivity contribution in [2.24, 2.45) is 0 Å². The van der Waals surface area contributed by atoms with Crippen LogP contribution >= 0.6 is 0 Å². The second kappa shape index (κ2) is 17.3. The van der Waals surface area contributed by atoms with E-state index in [9.17, 15) is 5.11 Å². The first-order valence-electron chi connectivity index (χ1n) is 26.1. The van der Waals surface area contributed by atoms with E-state index in [1.807, 2.05) is 0 Å². The second-order valence-corrected chi connectivity index (χ2v) is 23.3. The van der Waals surface area contributed by atoms with Crippen LogP contribution in [0.5, 0.6) is 5.75 Å². The van der Waals surface area contributed by atoms with E-state index >= 15 is 0 Å². The molecule has 2 aliphatic heterocycles. The van der Waals surface area contributed by atoms with Crippen LogP contribution < -0.4 is 16.4 Å². The molecule has 2 aromatic heterocycles. The number of para-hydroxylation sites is 1. The Morgan fingerprint density at radius 2 is 1.20 bits per heavy atom. The van der Waals surface area contributed by atoms with Gasteiger partial charge in [-0.25, -0.2) is 4.98 Å². The number of hydrogen-bond donors (Lipinski definition) is 1. The van der Waals surface area contributed by atoms with Gasteiger partial charge in [-0.2, -0.15) is 0 Å². The molecule has 0 saturated carbocycles. The van der Waals surface area contributed by atoms with Crippen LogP contribution in [0.2, 0.25) is 0 Å². The fraction of sp³-hybridized carbons (Fsp3) is 0.206. The van der Waals surface area contributed by atoms with Gasteiger partial charge in [0, 0.05) is 32.2 Å². The van der Waals surface area contributed by atoms with Crippen LogP contribution in [0.4, 0.5) is 0 Å². The third kappa shape index (κ3) is 7.13. The summed E-state index contributed by atoms with van der Waals surface area (Å²) in [4.78, 5) is 11.5. The maximum absolute atomic E-state index is 12.7. The number of aromatic hydroxyl groups is 1. The van der Waals surface area contributed by atoms with E-state index in [2.05, 4.69) is 238 Å². The smallest absolute Gasteiger partial charge is 0.193 e. The molecule has 13 rings (SSSR count). The van der Waals surface area contributed by atoms with Crippen molar-refractivity contribution in [3.63, 3.8) is 0 Å². The summed E-state index contributed by atoms with van der Waals surface area (Å²) in [5, 5.41) is 18.5. The Hall–Kier alpha value is -7.07. The second-order valence-electron chi connectivity index (χ2n) is 23.3. The first-order valence-corrected chi connectivity index (χ1v) is 26.1. The fourth-order valence-electron chi connectivity index (χ4n) is 12.4. The third-order valence-electron chi connectivity index (χ3n) is 16.0. The molecule has 0 unspecified atom stereocenters. The quantitative estimate of drug-likeness (QED) is 0.103. The summed E-state index contributed by atoms with van der Waals surface area (Å²) in [6, 6.07) is 61.6. The predicted molar refractivity (Wildman–Crippen MR) is 309 cm³/mol. The summed E-state index contributed by atoms with van der Waals surface area (Å²) >= 11 is 0. The van der Waals surface area contributed by atoms with Crippen LogP contribution in [-0.2, 0) is 31.9 Å². The molecule has 1 N–H and O–H groups in total. The van der Waals surface area contributed by atoms with Gasteiger partial charge in [-0.1, -0.05) is 218 Å². The monoisotopic (exact) mass is 1140 g/mol. The summed E-state index contributed by atoms with van der Waals surface area (Å²) in [5.74, 6) is 1.32. The van der Waals surface area contributed by atoms with Gasteiger partial charge in [-0.3, -0.25) is 9.55 Å². The van der Waals surface area contributed by atoms with E-state index in [-0.39, 0.29) is 56.2 Å². The minimum Gasteiger partial charge on any atom is -0.507 e. The van der Waals surface area contributed by atoms with Crippen molar-refractivity contribution in [2.75, 3.05) is 0 Å². The maximum Gasteiger partial charge on any atom is 0.193 e. The zero-order chi connectivity index (χ0) is 50.4. The molecule has 2 aliphatic rings. The van der Waals surface area contributed by atoms with Crippen LogP contribution in [0.3, 0.4) is 0 Å². The van der Waals surface area contributed by atoms with Crippen molar-refractivity contribution in [1.82, 2.24) is 14.5 Å². The van der Waals surface area contributed by atoms with E-state index in [1.54, 1.807) is 0 Å². The zero-order valence-electron chi connectivity index (χ0n) is 43.8. The van der Waals surface area contributed by atoms with Crippen molar-refractivity contribution in [1.29, 1.82) is 0 Å². The van der Waals surface area contributed by atoms with Crippen molar-refractivity contribution in [3.05, 3.63) is 186 Å². The van der Waals surface area contributed by atoms with Gasteiger partial charge in [-0.05, 0) is 114 Å². The van der Waals surface area contributed by atoms with E-state index in [4.69, 9.17) is 9.97 Å². The van der Waals surface area contributed by atoms with E-state index < -0.39 is 0 Å². The predicted octanol–water partition coefficient (Wildman–Crippen LogP) is 15.7. The molecule has 366 valence electrons. The standard InChI is InChI=1S/C68H59BN3O.Pt/c1-38(2)51-34-41(40-20-12-11-13-21-40)35-52(39(3)4)64(51)72-58-29-19-26-48(63(58)71-66(72)53-36-42(67(5,6)7)37-54(65(53)73)68(8,9)10)57-33-31-47-43-22-14-15-24-45(43)59-50(62(47)70-57)30-32-56-60(59)49-27-18-25-46-44-23-16-17-28-55(44)69(56)61(46)49;/h11-29,31-39,73H,1-10H3;/q-1;. The van der Waals surface area contributed by atoms with Crippen LogP contribution in [0.15, 0.2) is 158 Å². The Morgan fingerprint density at radius 1 is 0.554 bits per heavy atom. The van der Waals surface area contributed by atoms with E-state index in [0.717, 1.165) is 61.0 Å². The van der Waals surface area contributed by atoms with Gasteiger partial charge in [-0.15, -0.1) is 23.0 Å². The summed E-state index contributed by atoms with van der Waals surface area (Å²) < 4.78 is 2.37. The number of pyridine rings is 1. The van der Waals surface area contributed by atoms with Gasteiger partial charge in [0.15, 0.2) is 6.71 Å². The van der Waals surface area contributed by atoms with Gasteiger partial charge in [0.1, 0.15) is 11.6 Å². The summed E-state index contributed by atoms with van der Waals surface area (Å²) in [7, 11) is 0.